The van der Waals surface area contributed by atoms with Gasteiger partial charge >= 0.3 is 0 Å². The Morgan fingerprint density at radius 2 is 1.12 bits per heavy atom. The average Bonchev–Trinajstić information content (AvgIpc) is 3.48. The van der Waals surface area contributed by atoms with Crippen LogP contribution in [0.5, 0.6) is 0 Å². The number of pyridine rings is 1. The standard InChI is InChI=1S/C46H35N3/c1-46(2)24-26-48(30-13-4-3-5-14-30)44-29-39-34-23-22-31(49-42-20-10-8-17-35(42)36-18-9-11-21-43(36)49)27-38(34)33-16-7-6-15-32(33)37-19-12-25-47-45(37)40(39)28-41(44)46/h3-23,25,27-29H,24,26H2,1-2H3. The zero-order chi connectivity index (χ0) is 32.7. The molecule has 234 valence electrons. The van der Waals surface area contributed by atoms with Gasteiger partial charge in [-0.1, -0.05) is 105 Å². The summed E-state index contributed by atoms with van der Waals surface area (Å²) >= 11 is 0. The minimum atomic E-state index is 0.0219. The summed E-state index contributed by atoms with van der Waals surface area (Å²) < 4.78 is 2.43. The molecule has 3 heteroatoms. The SMILES string of the molecule is CC1(C)CCN(c2ccccc2)c2cc3c(cc21)-c1ncccc1-c1ccccc1-c1cc(-n2c4ccccc4c4ccccc42)ccc1-3. The Morgan fingerprint density at radius 3 is 1.88 bits per heavy atom. The van der Waals surface area contributed by atoms with E-state index in [1.165, 1.54) is 77.7 Å². The van der Waals surface area contributed by atoms with Crippen molar-refractivity contribution >= 4 is 33.2 Å². The molecule has 2 aromatic heterocycles. The predicted octanol–water partition coefficient (Wildman–Crippen LogP) is 12.0. The second-order valence-electron chi connectivity index (χ2n) is 14.1. The first-order valence-corrected chi connectivity index (χ1v) is 17.3. The summed E-state index contributed by atoms with van der Waals surface area (Å²) in [7, 11) is 0. The molecule has 10 rings (SSSR count). The lowest BCUT2D eigenvalue weighted by Crippen LogP contribution is -2.34. The van der Waals surface area contributed by atoms with E-state index in [4.69, 9.17) is 4.98 Å². The summed E-state index contributed by atoms with van der Waals surface area (Å²) in [5.41, 5.74) is 17.0. The maximum Gasteiger partial charge on any atom is 0.0786 e. The van der Waals surface area contributed by atoms with Crippen molar-refractivity contribution in [2.75, 3.05) is 11.4 Å². The third kappa shape index (κ3) is 4.18. The molecule has 0 amide bonds. The number of para-hydroxylation sites is 3. The molecule has 0 N–H and O–H groups in total. The van der Waals surface area contributed by atoms with Crippen molar-refractivity contribution < 1.29 is 0 Å². The molecule has 0 atom stereocenters. The molecule has 0 radical (unpaired) electrons. The molecule has 0 bridgehead atoms. The van der Waals surface area contributed by atoms with Gasteiger partial charge in [-0.15, -0.1) is 0 Å². The smallest absolute Gasteiger partial charge is 0.0786 e. The Balaban J connectivity index is 1.30. The maximum absolute atomic E-state index is 5.12. The monoisotopic (exact) mass is 629 g/mol. The van der Waals surface area contributed by atoms with Crippen LogP contribution < -0.4 is 4.90 Å². The number of benzene rings is 6. The number of hydrogen-bond donors (Lipinski definition) is 0. The van der Waals surface area contributed by atoms with Crippen LogP contribution >= 0.6 is 0 Å². The van der Waals surface area contributed by atoms with Gasteiger partial charge in [0.25, 0.3) is 0 Å². The minimum absolute atomic E-state index is 0.0219. The van der Waals surface area contributed by atoms with Crippen LogP contribution in [0.1, 0.15) is 25.8 Å². The Morgan fingerprint density at radius 1 is 0.510 bits per heavy atom. The molecule has 0 unspecified atom stereocenters. The summed E-state index contributed by atoms with van der Waals surface area (Å²) in [5.74, 6) is 0. The van der Waals surface area contributed by atoms with Crippen molar-refractivity contribution in [1.82, 2.24) is 9.55 Å². The highest BCUT2D eigenvalue weighted by Gasteiger charge is 2.35. The molecule has 0 saturated heterocycles. The molecule has 1 aliphatic carbocycles. The molecule has 0 fully saturated rings. The van der Waals surface area contributed by atoms with Gasteiger partial charge in [0.2, 0.25) is 0 Å². The van der Waals surface area contributed by atoms with E-state index in [2.05, 4.69) is 169 Å². The fourth-order valence-corrected chi connectivity index (χ4v) is 8.41. The Hall–Kier alpha value is -5.93. The van der Waals surface area contributed by atoms with Gasteiger partial charge in [0.05, 0.1) is 16.7 Å². The predicted molar refractivity (Wildman–Crippen MR) is 205 cm³/mol. The molecule has 49 heavy (non-hydrogen) atoms. The van der Waals surface area contributed by atoms with Gasteiger partial charge in [0.1, 0.15) is 0 Å². The first kappa shape index (κ1) is 28.1. The average molecular weight is 630 g/mol. The van der Waals surface area contributed by atoms with Crippen LogP contribution in [-0.4, -0.2) is 16.1 Å². The van der Waals surface area contributed by atoms with Crippen molar-refractivity contribution in [3.05, 3.63) is 157 Å². The molecule has 2 aliphatic rings. The van der Waals surface area contributed by atoms with Gasteiger partial charge in [-0.3, -0.25) is 4.98 Å². The molecule has 0 spiro atoms. The van der Waals surface area contributed by atoms with Gasteiger partial charge in [-0.2, -0.15) is 0 Å². The van der Waals surface area contributed by atoms with Crippen molar-refractivity contribution in [1.29, 1.82) is 0 Å². The molecule has 8 aromatic rings. The van der Waals surface area contributed by atoms with Crippen LogP contribution in [0.15, 0.2) is 152 Å². The topological polar surface area (TPSA) is 21.1 Å². The van der Waals surface area contributed by atoms with Crippen LogP contribution in [0.2, 0.25) is 0 Å². The fraction of sp³-hybridized carbons (Fsp3) is 0.109. The number of hydrogen-bond acceptors (Lipinski definition) is 2. The molecular weight excluding hydrogens is 595 g/mol. The van der Waals surface area contributed by atoms with Crippen LogP contribution in [0.25, 0.3) is 72.1 Å². The molecular formula is C46H35N3. The van der Waals surface area contributed by atoms with Crippen LogP contribution in [0.3, 0.4) is 0 Å². The molecule has 6 aromatic carbocycles. The van der Waals surface area contributed by atoms with Gasteiger partial charge < -0.3 is 9.47 Å². The van der Waals surface area contributed by atoms with E-state index in [-0.39, 0.29) is 5.41 Å². The Kier molecular flexibility index (Phi) is 6.05. The minimum Gasteiger partial charge on any atom is -0.341 e. The number of rotatable bonds is 2. The van der Waals surface area contributed by atoms with Crippen LogP contribution in [0.4, 0.5) is 11.4 Å². The first-order valence-electron chi connectivity index (χ1n) is 17.3. The lowest BCUT2D eigenvalue weighted by atomic mass is 9.74. The highest BCUT2D eigenvalue weighted by atomic mass is 15.1. The van der Waals surface area contributed by atoms with E-state index in [0.717, 1.165) is 24.3 Å². The summed E-state index contributed by atoms with van der Waals surface area (Å²) in [6.07, 6.45) is 3.02. The van der Waals surface area contributed by atoms with E-state index in [1.54, 1.807) is 0 Å². The van der Waals surface area contributed by atoms with E-state index < -0.39 is 0 Å². The zero-order valence-electron chi connectivity index (χ0n) is 27.7. The van der Waals surface area contributed by atoms with E-state index >= 15 is 0 Å². The summed E-state index contributed by atoms with van der Waals surface area (Å²) in [4.78, 5) is 7.63. The third-order valence-electron chi connectivity index (χ3n) is 10.9. The van der Waals surface area contributed by atoms with Crippen molar-refractivity contribution in [2.45, 2.75) is 25.7 Å². The molecule has 3 nitrogen and oxygen atoms in total. The van der Waals surface area contributed by atoms with Gasteiger partial charge in [0, 0.05) is 51.7 Å². The lowest BCUT2D eigenvalue weighted by molar-refractivity contribution is 0.467. The summed E-state index contributed by atoms with van der Waals surface area (Å²) in [6, 6.07) is 53.6. The second kappa shape index (κ2) is 10.5. The van der Waals surface area contributed by atoms with Gasteiger partial charge in [0.15, 0.2) is 0 Å². The first-order chi connectivity index (χ1) is 24.1. The largest absolute Gasteiger partial charge is 0.341 e. The van der Waals surface area contributed by atoms with Crippen LogP contribution in [0, 0.1) is 0 Å². The van der Waals surface area contributed by atoms with Gasteiger partial charge in [-0.25, -0.2) is 0 Å². The summed E-state index contributed by atoms with van der Waals surface area (Å²) in [6.45, 7) is 5.76. The fourth-order valence-electron chi connectivity index (χ4n) is 8.41. The lowest BCUT2D eigenvalue weighted by Gasteiger charge is -2.41. The molecule has 1 aliphatic heterocycles. The quantitative estimate of drug-likeness (QED) is 0.190. The number of aromatic nitrogens is 2. The maximum atomic E-state index is 5.12. The third-order valence-corrected chi connectivity index (χ3v) is 10.9. The molecule has 0 saturated carbocycles. The van der Waals surface area contributed by atoms with E-state index in [0.29, 0.717) is 0 Å². The van der Waals surface area contributed by atoms with Crippen molar-refractivity contribution in [3.63, 3.8) is 0 Å². The summed E-state index contributed by atoms with van der Waals surface area (Å²) in [5, 5.41) is 2.54. The van der Waals surface area contributed by atoms with Crippen molar-refractivity contribution in [2.24, 2.45) is 0 Å². The number of anilines is 2. The Bertz CT molecular complexity index is 2540. The number of fused-ring (bicyclic) bond motifs is 12. The van der Waals surface area contributed by atoms with Gasteiger partial charge in [-0.05, 0) is 99.8 Å². The Labute approximate surface area is 286 Å². The molecule has 3 heterocycles. The van der Waals surface area contributed by atoms with E-state index in [9.17, 15) is 0 Å². The zero-order valence-corrected chi connectivity index (χ0v) is 27.7. The second-order valence-corrected chi connectivity index (χ2v) is 14.1. The normalized spacial score (nSPS) is 14.3. The highest BCUT2D eigenvalue weighted by molar-refractivity contribution is 6.10. The number of nitrogens with zero attached hydrogens (tertiary/aromatic N) is 3. The highest BCUT2D eigenvalue weighted by Crippen LogP contribution is 2.52. The van der Waals surface area contributed by atoms with E-state index in [1.807, 2.05) is 6.20 Å². The van der Waals surface area contributed by atoms with Crippen LogP contribution in [-0.2, 0) is 5.41 Å². The van der Waals surface area contributed by atoms with Crippen molar-refractivity contribution in [3.8, 4) is 50.3 Å².